The maximum atomic E-state index is 12.3. The van der Waals surface area contributed by atoms with Gasteiger partial charge >= 0.3 is 0 Å². The molecule has 0 radical (unpaired) electrons. The average Bonchev–Trinajstić information content (AvgIpc) is 2.67. The minimum absolute atomic E-state index is 0.111. The van der Waals surface area contributed by atoms with Gasteiger partial charge in [0.25, 0.3) is 0 Å². The number of allylic oxidation sites excluding steroid dienone is 4. The predicted octanol–water partition coefficient (Wildman–Crippen LogP) is 5.83. The first-order valence-electron chi connectivity index (χ1n) is 10.4. The quantitative estimate of drug-likeness (QED) is 0.205. The molecule has 4 heteroatoms. The van der Waals surface area contributed by atoms with Crippen molar-refractivity contribution >= 4 is 11.6 Å². The zero-order chi connectivity index (χ0) is 19.9. The molecule has 0 N–H and O–H groups in total. The number of Topliss-reactive ketones (excluding diaryl/α,β-unsaturated/α-hetero) is 1. The normalized spacial score (nSPS) is 14.9. The first kappa shape index (κ1) is 23.2. The zero-order valence-electron chi connectivity index (χ0n) is 17.4. The number of carbonyl (C=O) groups excluding carboxylic acids is 2. The molecular formula is C23H36O4. The molecule has 0 saturated heterocycles. The van der Waals surface area contributed by atoms with Gasteiger partial charge in [0.15, 0.2) is 11.5 Å². The van der Waals surface area contributed by atoms with Crippen LogP contribution < -0.4 is 0 Å². The first-order valence-corrected chi connectivity index (χ1v) is 10.4. The SMILES string of the molecule is CCCCC=CCCCCCCCCCC1=C(OC)C(=O)C=C(OC)C1=O. The molecule has 1 aliphatic carbocycles. The Labute approximate surface area is 164 Å². The van der Waals surface area contributed by atoms with Gasteiger partial charge in [-0.25, -0.2) is 0 Å². The van der Waals surface area contributed by atoms with E-state index >= 15 is 0 Å². The Kier molecular flexibility index (Phi) is 12.2. The molecule has 0 bridgehead atoms. The molecule has 0 fully saturated rings. The third-order valence-electron chi connectivity index (χ3n) is 4.87. The Morgan fingerprint density at radius 2 is 1.41 bits per heavy atom. The molecule has 0 aliphatic heterocycles. The smallest absolute Gasteiger partial charge is 0.227 e. The van der Waals surface area contributed by atoms with Gasteiger partial charge in [0, 0.05) is 11.6 Å². The van der Waals surface area contributed by atoms with E-state index in [2.05, 4.69) is 19.1 Å². The van der Waals surface area contributed by atoms with E-state index in [0.29, 0.717) is 12.0 Å². The Bertz CT molecular complexity index is 555. The summed E-state index contributed by atoms with van der Waals surface area (Å²) in [6.07, 6.45) is 19.6. The van der Waals surface area contributed by atoms with Crippen LogP contribution in [0.4, 0.5) is 0 Å². The van der Waals surface area contributed by atoms with Gasteiger partial charge < -0.3 is 9.47 Å². The topological polar surface area (TPSA) is 52.6 Å². The molecule has 152 valence electrons. The van der Waals surface area contributed by atoms with Crippen LogP contribution in [0.2, 0.25) is 0 Å². The van der Waals surface area contributed by atoms with Gasteiger partial charge in [0.05, 0.1) is 14.2 Å². The van der Waals surface area contributed by atoms with E-state index in [1.54, 1.807) is 0 Å². The lowest BCUT2D eigenvalue weighted by molar-refractivity contribution is -0.120. The summed E-state index contributed by atoms with van der Waals surface area (Å²) < 4.78 is 10.2. The van der Waals surface area contributed by atoms with Crippen LogP contribution in [0.1, 0.15) is 84.0 Å². The number of rotatable bonds is 15. The summed E-state index contributed by atoms with van der Waals surface area (Å²) in [6, 6.07) is 0. The van der Waals surface area contributed by atoms with Gasteiger partial charge in [-0.1, -0.05) is 64.0 Å². The molecule has 0 aromatic rings. The Hall–Kier alpha value is -1.84. The van der Waals surface area contributed by atoms with Crippen LogP contribution in [0, 0.1) is 0 Å². The summed E-state index contributed by atoms with van der Waals surface area (Å²) in [5.74, 6) is -0.221. The summed E-state index contributed by atoms with van der Waals surface area (Å²) in [5.41, 5.74) is 0.455. The Morgan fingerprint density at radius 1 is 0.815 bits per heavy atom. The number of methoxy groups -OCH3 is 2. The van der Waals surface area contributed by atoms with Crippen LogP contribution in [0.25, 0.3) is 0 Å². The maximum absolute atomic E-state index is 12.3. The van der Waals surface area contributed by atoms with E-state index < -0.39 is 0 Å². The number of unbranched alkanes of at least 4 members (excludes halogenated alkanes) is 9. The molecule has 0 saturated carbocycles. The van der Waals surface area contributed by atoms with Crippen molar-refractivity contribution in [3.05, 3.63) is 35.3 Å². The van der Waals surface area contributed by atoms with Crippen LogP contribution in [0.5, 0.6) is 0 Å². The molecule has 0 aromatic carbocycles. The van der Waals surface area contributed by atoms with Crippen molar-refractivity contribution in [1.82, 2.24) is 0 Å². The molecule has 27 heavy (non-hydrogen) atoms. The van der Waals surface area contributed by atoms with E-state index in [1.807, 2.05) is 0 Å². The Morgan fingerprint density at radius 3 is 2.00 bits per heavy atom. The van der Waals surface area contributed by atoms with E-state index in [4.69, 9.17) is 9.47 Å². The summed E-state index contributed by atoms with van der Waals surface area (Å²) >= 11 is 0. The fourth-order valence-corrected chi connectivity index (χ4v) is 3.26. The summed E-state index contributed by atoms with van der Waals surface area (Å²) in [6.45, 7) is 2.22. The van der Waals surface area contributed by atoms with Crippen molar-refractivity contribution in [1.29, 1.82) is 0 Å². The van der Waals surface area contributed by atoms with Gasteiger partial charge in [-0.2, -0.15) is 0 Å². The second kappa shape index (κ2) is 14.2. The third-order valence-corrected chi connectivity index (χ3v) is 4.87. The number of hydrogen-bond donors (Lipinski definition) is 0. The van der Waals surface area contributed by atoms with E-state index in [1.165, 1.54) is 71.7 Å². The largest absolute Gasteiger partial charge is 0.493 e. The highest BCUT2D eigenvalue weighted by Crippen LogP contribution is 2.25. The van der Waals surface area contributed by atoms with Crippen LogP contribution in [0.15, 0.2) is 35.3 Å². The van der Waals surface area contributed by atoms with Gasteiger partial charge in [-0.3, -0.25) is 9.59 Å². The standard InChI is InChI=1S/C23H36O4/c1-4-5-6-7-8-9-10-11-12-13-14-15-16-17-19-22(25)21(26-2)18-20(24)23(19)27-3/h7-8,18H,4-6,9-17H2,1-3H3. The van der Waals surface area contributed by atoms with Crippen molar-refractivity contribution in [2.24, 2.45) is 0 Å². The molecule has 0 unspecified atom stereocenters. The number of ether oxygens (including phenoxy) is 2. The number of hydrogen-bond acceptors (Lipinski definition) is 4. The predicted molar refractivity (Wildman–Crippen MR) is 109 cm³/mol. The molecule has 0 atom stereocenters. The lowest BCUT2D eigenvalue weighted by Gasteiger charge is -2.17. The second-order valence-corrected chi connectivity index (χ2v) is 7.05. The minimum Gasteiger partial charge on any atom is -0.493 e. The van der Waals surface area contributed by atoms with Crippen molar-refractivity contribution in [3.8, 4) is 0 Å². The average molecular weight is 377 g/mol. The highest BCUT2D eigenvalue weighted by atomic mass is 16.5. The monoisotopic (exact) mass is 376 g/mol. The molecule has 0 heterocycles. The van der Waals surface area contributed by atoms with Crippen molar-refractivity contribution in [3.63, 3.8) is 0 Å². The fraction of sp³-hybridized carbons (Fsp3) is 0.652. The molecule has 0 spiro atoms. The summed E-state index contributed by atoms with van der Waals surface area (Å²) in [7, 11) is 2.85. The molecule has 1 rings (SSSR count). The fourth-order valence-electron chi connectivity index (χ4n) is 3.26. The highest BCUT2D eigenvalue weighted by Gasteiger charge is 2.29. The third kappa shape index (κ3) is 8.59. The van der Waals surface area contributed by atoms with Gasteiger partial charge in [0.2, 0.25) is 11.6 Å². The molecular weight excluding hydrogens is 340 g/mol. The summed E-state index contributed by atoms with van der Waals surface area (Å²) in [5, 5.41) is 0. The van der Waals surface area contributed by atoms with Crippen LogP contribution >= 0.6 is 0 Å². The molecule has 0 aromatic heterocycles. The van der Waals surface area contributed by atoms with Gasteiger partial charge in [-0.15, -0.1) is 0 Å². The molecule has 4 nitrogen and oxygen atoms in total. The van der Waals surface area contributed by atoms with Crippen molar-refractivity contribution in [2.75, 3.05) is 14.2 Å². The van der Waals surface area contributed by atoms with Crippen LogP contribution in [-0.2, 0) is 19.1 Å². The van der Waals surface area contributed by atoms with E-state index in [0.717, 1.165) is 19.3 Å². The van der Waals surface area contributed by atoms with Crippen molar-refractivity contribution in [2.45, 2.75) is 84.0 Å². The lowest BCUT2D eigenvalue weighted by atomic mass is 9.94. The minimum atomic E-state index is -0.285. The van der Waals surface area contributed by atoms with Gasteiger partial charge in [0.1, 0.15) is 0 Å². The van der Waals surface area contributed by atoms with Crippen LogP contribution in [-0.4, -0.2) is 25.8 Å². The van der Waals surface area contributed by atoms with Crippen molar-refractivity contribution < 1.29 is 19.1 Å². The Balaban J connectivity index is 2.16. The molecule has 0 amide bonds. The number of ketones is 2. The van der Waals surface area contributed by atoms with Crippen LogP contribution in [0.3, 0.4) is 0 Å². The lowest BCUT2D eigenvalue weighted by Crippen LogP contribution is -2.21. The second-order valence-electron chi connectivity index (χ2n) is 7.05. The van der Waals surface area contributed by atoms with E-state index in [9.17, 15) is 9.59 Å². The zero-order valence-corrected chi connectivity index (χ0v) is 17.4. The maximum Gasteiger partial charge on any atom is 0.227 e. The van der Waals surface area contributed by atoms with E-state index in [-0.39, 0.29) is 23.1 Å². The first-order chi connectivity index (χ1) is 13.2. The highest BCUT2D eigenvalue weighted by molar-refractivity contribution is 6.21. The van der Waals surface area contributed by atoms with Gasteiger partial charge in [-0.05, 0) is 32.1 Å². The summed E-state index contributed by atoms with van der Waals surface area (Å²) in [4.78, 5) is 24.3. The molecule has 1 aliphatic rings. The number of carbonyl (C=O) groups is 2.